The van der Waals surface area contributed by atoms with E-state index < -0.39 is 0 Å². The summed E-state index contributed by atoms with van der Waals surface area (Å²) in [6.45, 7) is 2.78. The fraction of sp³-hybridized carbons (Fsp3) is 0.385. The van der Waals surface area contributed by atoms with E-state index in [1.54, 1.807) is 19.3 Å². The molecule has 2 heterocycles. The molecule has 0 aliphatic heterocycles. The topological polar surface area (TPSA) is 56.1 Å². The molecule has 0 aliphatic carbocycles. The van der Waals surface area contributed by atoms with Crippen molar-refractivity contribution >= 4 is 16.9 Å². The molecule has 96 valence electrons. The van der Waals surface area contributed by atoms with E-state index in [0.29, 0.717) is 18.7 Å². The number of pyridine rings is 1. The van der Waals surface area contributed by atoms with Gasteiger partial charge < -0.3 is 14.6 Å². The molecule has 0 aromatic carbocycles. The normalized spacial score (nSPS) is 10.8. The smallest absolute Gasteiger partial charge is 0.340 e. The third kappa shape index (κ3) is 1.97. The first-order valence-corrected chi connectivity index (χ1v) is 5.93. The molecule has 0 unspecified atom stereocenters. The van der Waals surface area contributed by atoms with Gasteiger partial charge in [-0.15, -0.1) is 0 Å². The number of esters is 1. The summed E-state index contributed by atoms with van der Waals surface area (Å²) in [5.74, 6) is -0.290. The molecule has 0 fully saturated rings. The van der Waals surface area contributed by atoms with Gasteiger partial charge in [-0.3, -0.25) is 4.98 Å². The number of nitrogens with zero attached hydrogens (tertiary/aromatic N) is 2. The average Bonchev–Trinajstić information content (AvgIpc) is 2.65. The van der Waals surface area contributed by atoms with Gasteiger partial charge in [0.15, 0.2) is 0 Å². The Morgan fingerprint density at radius 3 is 3.00 bits per heavy atom. The van der Waals surface area contributed by atoms with Gasteiger partial charge in [-0.1, -0.05) is 0 Å². The van der Waals surface area contributed by atoms with E-state index in [2.05, 4.69) is 10.3 Å². The lowest BCUT2D eigenvalue weighted by atomic mass is 10.1. The minimum Gasteiger partial charge on any atom is -0.462 e. The van der Waals surface area contributed by atoms with Gasteiger partial charge in [0.1, 0.15) is 0 Å². The van der Waals surface area contributed by atoms with Gasteiger partial charge in [-0.05, 0) is 20.0 Å². The number of aryl methyl sites for hydroxylation is 1. The van der Waals surface area contributed by atoms with Crippen molar-refractivity contribution < 1.29 is 9.53 Å². The average molecular weight is 247 g/mol. The van der Waals surface area contributed by atoms with Crippen LogP contribution in [0.25, 0.3) is 10.9 Å². The van der Waals surface area contributed by atoms with E-state index in [-0.39, 0.29) is 5.97 Å². The molecule has 0 saturated heterocycles. The molecular formula is C13H17N3O2. The van der Waals surface area contributed by atoms with Gasteiger partial charge in [-0.2, -0.15) is 0 Å². The Morgan fingerprint density at radius 2 is 2.33 bits per heavy atom. The van der Waals surface area contributed by atoms with Crippen molar-refractivity contribution in [2.45, 2.75) is 13.5 Å². The van der Waals surface area contributed by atoms with Crippen LogP contribution in [-0.2, 0) is 18.3 Å². The molecule has 0 saturated carbocycles. The van der Waals surface area contributed by atoms with Gasteiger partial charge in [0, 0.05) is 37.1 Å². The van der Waals surface area contributed by atoms with E-state index in [1.807, 2.05) is 24.7 Å². The van der Waals surface area contributed by atoms with Crippen molar-refractivity contribution in [3.63, 3.8) is 0 Å². The van der Waals surface area contributed by atoms with Crippen LogP contribution >= 0.6 is 0 Å². The van der Waals surface area contributed by atoms with Crippen LogP contribution in [0.2, 0.25) is 0 Å². The third-order valence-corrected chi connectivity index (χ3v) is 2.95. The molecule has 18 heavy (non-hydrogen) atoms. The summed E-state index contributed by atoms with van der Waals surface area (Å²) >= 11 is 0. The van der Waals surface area contributed by atoms with Crippen LogP contribution in [-0.4, -0.2) is 29.2 Å². The molecule has 2 aromatic rings. The van der Waals surface area contributed by atoms with Crippen LogP contribution in [0.5, 0.6) is 0 Å². The molecule has 0 bridgehead atoms. The maximum absolute atomic E-state index is 12.1. The lowest BCUT2D eigenvalue weighted by molar-refractivity contribution is 0.0527. The number of rotatable bonds is 4. The maximum atomic E-state index is 12.1. The Labute approximate surface area is 106 Å². The van der Waals surface area contributed by atoms with Crippen molar-refractivity contribution in [1.82, 2.24) is 14.9 Å². The van der Waals surface area contributed by atoms with Crippen molar-refractivity contribution in [3.8, 4) is 0 Å². The van der Waals surface area contributed by atoms with Gasteiger partial charge in [-0.25, -0.2) is 4.79 Å². The van der Waals surface area contributed by atoms with Gasteiger partial charge in [0.05, 0.1) is 17.7 Å². The predicted octanol–water partition coefficient (Wildman–Crippen LogP) is 1.47. The number of hydrogen-bond donors (Lipinski definition) is 1. The maximum Gasteiger partial charge on any atom is 0.340 e. The monoisotopic (exact) mass is 247 g/mol. The lowest BCUT2D eigenvalue weighted by Crippen LogP contribution is -2.14. The van der Waals surface area contributed by atoms with Gasteiger partial charge in [0.25, 0.3) is 0 Å². The molecule has 0 aliphatic rings. The highest BCUT2D eigenvalue weighted by Gasteiger charge is 2.21. The second-order valence-electron chi connectivity index (χ2n) is 4.02. The Kier molecular flexibility index (Phi) is 3.62. The minimum atomic E-state index is -0.290. The molecule has 1 N–H and O–H groups in total. The summed E-state index contributed by atoms with van der Waals surface area (Å²) in [6, 6.07) is 1.90. The molecule has 0 spiro atoms. The van der Waals surface area contributed by atoms with E-state index in [4.69, 9.17) is 4.74 Å². The summed E-state index contributed by atoms with van der Waals surface area (Å²) in [5.41, 5.74) is 2.51. The van der Waals surface area contributed by atoms with E-state index >= 15 is 0 Å². The first kappa shape index (κ1) is 12.6. The molecule has 5 heteroatoms. The summed E-state index contributed by atoms with van der Waals surface area (Å²) in [5, 5.41) is 3.91. The number of fused-ring (bicyclic) bond motifs is 1. The van der Waals surface area contributed by atoms with Crippen LogP contribution in [0.15, 0.2) is 18.5 Å². The van der Waals surface area contributed by atoms with Crippen LogP contribution in [0.4, 0.5) is 0 Å². The van der Waals surface area contributed by atoms with Crippen molar-refractivity contribution in [3.05, 3.63) is 29.7 Å². The highest BCUT2D eigenvalue weighted by molar-refractivity contribution is 6.05. The quantitative estimate of drug-likeness (QED) is 0.831. The van der Waals surface area contributed by atoms with Gasteiger partial charge in [0.2, 0.25) is 0 Å². The van der Waals surface area contributed by atoms with Gasteiger partial charge >= 0.3 is 5.97 Å². The third-order valence-electron chi connectivity index (χ3n) is 2.95. The first-order valence-electron chi connectivity index (χ1n) is 5.93. The summed E-state index contributed by atoms with van der Waals surface area (Å²) < 4.78 is 7.13. The number of ether oxygens (including phenoxy) is 1. The minimum absolute atomic E-state index is 0.290. The molecule has 0 atom stereocenters. The van der Waals surface area contributed by atoms with Crippen molar-refractivity contribution in [2.75, 3.05) is 13.7 Å². The highest BCUT2D eigenvalue weighted by atomic mass is 16.5. The molecule has 5 nitrogen and oxygen atoms in total. The largest absolute Gasteiger partial charge is 0.462 e. The lowest BCUT2D eigenvalue weighted by Gasteiger charge is -2.06. The predicted molar refractivity (Wildman–Crippen MR) is 69.4 cm³/mol. The Hall–Kier alpha value is -1.88. The van der Waals surface area contributed by atoms with Crippen LogP contribution < -0.4 is 5.32 Å². The highest BCUT2D eigenvalue weighted by Crippen LogP contribution is 2.25. The number of nitrogens with one attached hydrogen (secondary N) is 1. The fourth-order valence-electron chi connectivity index (χ4n) is 2.15. The number of aromatic nitrogens is 2. The second kappa shape index (κ2) is 5.18. The van der Waals surface area contributed by atoms with Crippen molar-refractivity contribution in [1.29, 1.82) is 0 Å². The Morgan fingerprint density at radius 1 is 1.56 bits per heavy atom. The van der Waals surface area contributed by atoms with Crippen molar-refractivity contribution in [2.24, 2.45) is 7.05 Å². The van der Waals surface area contributed by atoms with E-state index in [9.17, 15) is 4.79 Å². The summed E-state index contributed by atoms with van der Waals surface area (Å²) in [4.78, 5) is 16.2. The van der Waals surface area contributed by atoms with Crippen LogP contribution in [0.1, 0.15) is 23.0 Å². The zero-order chi connectivity index (χ0) is 13.1. The molecule has 2 aromatic heterocycles. The number of carbonyl (C=O) groups is 1. The fourth-order valence-corrected chi connectivity index (χ4v) is 2.15. The second-order valence-corrected chi connectivity index (χ2v) is 4.02. The van der Waals surface area contributed by atoms with Crippen LogP contribution in [0.3, 0.4) is 0 Å². The van der Waals surface area contributed by atoms with E-state index in [0.717, 1.165) is 16.6 Å². The molecular weight excluding hydrogens is 230 g/mol. The van der Waals surface area contributed by atoms with Crippen LogP contribution in [0, 0.1) is 0 Å². The SMILES string of the molecule is CCOC(=O)c1c(CNC)n(C)c2ccncc12. The first-order chi connectivity index (χ1) is 8.70. The molecule has 0 radical (unpaired) electrons. The number of hydrogen-bond acceptors (Lipinski definition) is 4. The molecule has 0 amide bonds. The Bertz CT molecular complexity index is 575. The summed E-state index contributed by atoms with van der Waals surface area (Å²) in [6.07, 6.45) is 3.43. The molecule has 2 rings (SSSR count). The number of carbonyl (C=O) groups excluding carboxylic acids is 1. The standard InChI is InChI=1S/C13H17N3O2/c1-4-18-13(17)12-9-7-15-6-5-10(9)16(3)11(12)8-14-2/h5-7,14H,4,8H2,1-3H3. The Balaban J connectivity index is 2.66. The van der Waals surface area contributed by atoms with E-state index in [1.165, 1.54) is 0 Å². The zero-order valence-corrected chi connectivity index (χ0v) is 10.9. The summed E-state index contributed by atoms with van der Waals surface area (Å²) in [7, 11) is 3.79. The zero-order valence-electron chi connectivity index (χ0n) is 10.9.